The Morgan fingerprint density at radius 2 is 1.94 bits per heavy atom. The normalized spacial score (nSPS) is 32.4. The van der Waals surface area contributed by atoms with Gasteiger partial charge in [-0.15, -0.1) is 21.5 Å². The molecular weight excluding hydrogens is 218 g/mol. The van der Waals surface area contributed by atoms with E-state index in [1.165, 1.54) is 35.7 Å². The van der Waals surface area contributed by atoms with Crippen molar-refractivity contribution in [3.63, 3.8) is 0 Å². The maximum absolute atomic E-state index is 5.51. The zero-order valence-electron chi connectivity index (χ0n) is 9.56. The molecule has 0 spiro atoms. The molecular formula is C12H19N3S. The lowest BCUT2D eigenvalue weighted by atomic mass is 10.0. The molecule has 4 heteroatoms. The number of aromatic nitrogens is 2. The van der Waals surface area contributed by atoms with Gasteiger partial charge in [-0.3, -0.25) is 0 Å². The smallest absolute Gasteiger partial charge is 0.121 e. The third-order valence-electron chi connectivity index (χ3n) is 4.02. The molecule has 2 N–H and O–H groups in total. The minimum Gasteiger partial charge on any atom is -0.330 e. The van der Waals surface area contributed by atoms with Gasteiger partial charge >= 0.3 is 0 Å². The van der Waals surface area contributed by atoms with Gasteiger partial charge in [-0.1, -0.05) is 12.8 Å². The summed E-state index contributed by atoms with van der Waals surface area (Å²) >= 11 is 1.83. The van der Waals surface area contributed by atoms with E-state index < -0.39 is 0 Å². The lowest BCUT2D eigenvalue weighted by molar-refractivity contribution is 0.480. The molecule has 0 radical (unpaired) electrons. The molecule has 0 amide bonds. The van der Waals surface area contributed by atoms with E-state index in [-0.39, 0.29) is 0 Å². The molecule has 88 valence electrons. The van der Waals surface area contributed by atoms with Gasteiger partial charge in [0, 0.05) is 12.3 Å². The molecule has 2 atom stereocenters. The van der Waals surface area contributed by atoms with E-state index in [4.69, 9.17) is 5.73 Å². The summed E-state index contributed by atoms with van der Waals surface area (Å²) in [6, 6.07) is 0. The highest BCUT2D eigenvalue weighted by atomic mass is 32.1. The molecule has 2 unspecified atom stereocenters. The fourth-order valence-corrected chi connectivity index (χ4v) is 4.25. The van der Waals surface area contributed by atoms with Crippen LogP contribution >= 0.6 is 11.3 Å². The van der Waals surface area contributed by atoms with Gasteiger partial charge in [0.05, 0.1) is 0 Å². The summed E-state index contributed by atoms with van der Waals surface area (Å²) in [5.74, 6) is 2.67. The van der Waals surface area contributed by atoms with Crippen LogP contribution in [0.4, 0.5) is 0 Å². The standard InChI is InChI=1S/C12H19N3S/c13-7-3-6-10-14-15-12(16-10)11-8-4-1-2-5-9(8)11/h8-9,11H,1-7,13H2. The van der Waals surface area contributed by atoms with Crippen LogP contribution in [0.2, 0.25) is 0 Å². The summed E-state index contributed by atoms with van der Waals surface area (Å²) in [4.78, 5) is 0. The lowest BCUT2D eigenvalue weighted by Crippen LogP contribution is -1.99. The van der Waals surface area contributed by atoms with Crippen LogP contribution in [-0.2, 0) is 6.42 Å². The van der Waals surface area contributed by atoms with Crippen molar-refractivity contribution in [1.29, 1.82) is 0 Å². The van der Waals surface area contributed by atoms with Crippen molar-refractivity contribution in [1.82, 2.24) is 10.2 Å². The second-order valence-electron chi connectivity index (χ2n) is 5.06. The maximum atomic E-state index is 5.51. The largest absolute Gasteiger partial charge is 0.330 e. The Bertz CT molecular complexity index is 351. The third kappa shape index (κ3) is 1.89. The molecule has 3 nitrogen and oxygen atoms in total. The Morgan fingerprint density at radius 3 is 2.62 bits per heavy atom. The summed E-state index contributed by atoms with van der Waals surface area (Å²) in [7, 11) is 0. The van der Waals surface area contributed by atoms with Crippen LogP contribution in [0.5, 0.6) is 0 Å². The van der Waals surface area contributed by atoms with E-state index >= 15 is 0 Å². The van der Waals surface area contributed by atoms with Crippen molar-refractivity contribution in [2.75, 3.05) is 6.54 Å². The quantitative estimate of drug-likeness (QED) is 0.874. The summed E-state index contributed by atoms with van der Waals surface area (Å²) in [6.07, 6.45) is 7.75. The van der Waals surface area contributed by atoms with E-state index in [9.17, 15) is 0 Å². The fourth-order valence-electron chi connectivity index (χ4n) is 3.11. The van der Waals surface area contributed by atoms with Crippen LogP contribution < -0.4 is 5.73 Å². The summed E-state index contributed by atoms with van der Waals surface area (Å²) in [5, 5.41) is 11.2. The minimum absolute atomic E-state index is 0.754. The van der Waals surface area contributed by atoms with Gasteiger partial charge in [-0.05, 0) is 37.6 Å². The van der Waals surface area contributed by atoms with Crippen molar-refractivity contribution >= 4 is 11.3 Å². The van der Waals surface area contributed by atoms with Crippen molar-refractivity contribution < 1.29 is 0 Å². The van der Waals surface area contributed by atoms with Crippen molar-refractivity contribution in [3.05, 3.63) is 10.0 Å². The Balaban J connectivity index is 1.64. The van der Waals surface area contributed by atoms with Crippen LogP contribution in [0.1, 0.15) is 48.0 Å². The van der Waals surface area contributed by atoms with Gasteiger partial charge in [0.1, 0.15) is 10.0 Å². The predicted octanol–water partition coefficient (Wildman–Crippen LogP) is 2.33. The lowest BCUT2D eigenvalue weighted by Gasteiger charge is -2.04. The van der Waals surface area contributed by atoms with Gasteiger partial charge in [0.15, 0.2) is 0 Å². The summed E-state index contributed by atoms with van der Waals surface area (Å²) in [6.45, 7) is 0.754. The number of aryl methyl sites for hydroxylation is 1. The van der Waals surface area contributed by atoms with Crippen LogP contribution in [0.3, 0.4) is 0 Å². The predicted molar refractivity (Wildman–Crippen MR) is 65.5 cm³/mol. The third-order valence-corrected chi connectivity index (χ3v) is 5.10. The molecule has 3 rings (SSSR count). The van der Waals surface area contributed by atoms with E-state index in [0.717, 1.165) is 37.1 Å². The van der Waals surface area contributed by atoms with Crippen molar-refractivity contribution in [2.24, 2.45) is 17.6 Å². The highest BCUT2D eigenvalue weighted by Gasteiger charge is 2.52. The molecule has 2 saturated carbocycles. The Morgan fingerprint density at radius 1 is 1.19 bits per heavy atom. The first-order valence-electron chi connectivity index (χ1n) is 6.42. The Hall–Kier alpha value is -0.480. The average Bonchev–Trinajstić information content (AvgIpc) is 2.87. The highest BCUT2D eigenvalue weighted by molar-refractivity contribution is 7.11. The van der Waals surface area contributed by atoms with Crippen LogP contribution in [0, 0.1) is 11.8 Å². The number of hydrogen-bond acceptors (Lipinski definition) is 4. The molecule has 0 aromatic carbocycles. The highest BCUT2D eigenvalue weighted by Crippen LogP contribution is 2.61. The molecule has 1 aromatic heterocycles. The molecule has 2 aliphatic carbocycles. The van der Waals surface area contributed by atoms with Gasteiger partial charge in [0.2, 0.25) is 0 Å². The van der Waals surface area contributed by atoms with Crippen LogP contribution in [-0.4, -0.2) is 16.7 Å². The number of hydrogen-bond donors (Lipinski definition) is 1. The van der Waals surface area contributed by atoms with E-state index in [1.807, 2.05) is 11.3 Å². The molecule has 0 bridgehead atoms. The molecule has 0 aliphatic heterocycles. The van der Waals surface area contributed by atoms with Gasteiger partial charge in [-0.2, -0.15) is 0 Å². The SMILES string of the molecule is NCCCc1nnc(C2C3CCCCC32)s1. The topological polar surface area (TPSA) is 51.8 Å². The van der Waals surface area contributed by atoms with Crippen LogP contribution in [0.15, 0.2) is 0 Å². The Labute approximate surface area is 100 Å². The average molecular weight is 237 g/mol. The first kappa shape index (κ1) is 10.7. The molecule has 2 aliphatic rings. The van der Waals surface area contributed by atoms with E-state index in [2.05, 4.69) is 10.2 Å². The number of nitrogens with zero attached hydrogens (tertiary/aromatic N) is 2. The zero-order chi connectivity index (χ0) is 11.0. The minimum atomic E-state index is 0.754. The van der Waals surface area contributed by atoms with E-state index in [1.54, 1.807) is 0 Å². The van der Waals surface area contributed by atoms with E-state index in [0.29, 0.717) is 0 Å². The second kappa shape index (κ2) is 4.41. The Kier molecular flexibility index (Phi) is 2.94. The van der Waals surface area contributed by atoms with Gasteiger partial charge < -0.3 is 5.73 Å². The molecule has 16 heavy (non-hydrogen) atoms. The first-order valence-corrected chi connectivity index (χ1v) is 7.24. The van der Waals surface area contributed by atoms with Crippen molar-refractivity contribution in [2.45, 2.75) is 44.4 Å². The number of nitrogens with two attached hydrogens (primary N) is 1. The number of rotatable bonds is 4. The fraction of sp³-hybridized carbons (Fsp3) is 0.833. The molecule has 1 heterocycles. The zero-order valence-corrected chi connectivity index (χ0v) is 10.4. The maximum Gasteiger partial charge on any atom is 0.121 e. The first-order chi connectivity index (χ1) is 7.90. The van der Waals surface area contributed by atoms with Gasteiger partial charge in [-0.25, -0.2) is 0 Å². The van der Waals surface area contributed by atoms with Crippen LogP contribution in [0.25, 0.3) is 0 Å². The molecule has 0 saturated heterocycles. The second-order valence-corrected chi connectivity index (χ2v) is 6.16. The van der Waals surface area contributed by atoms with Crippen molar-refractivity contribution in [3.8, 4) is 0 Å². The van der Waals surface area contributed by atoms with Gasteiger partial charge in [0.25, 0.3) is 0 Å². The molecule has 2 fully saturated rings. The summed E-state index contributed by atoms with van der Waals surface area (Å²) < 4.78 is 0. The summed E-state index contributed by atoms with van der Waals surface area (Å²) in [5.41, 5.74) is 5.51. The number of fused-ring (bicyclic) bond motifs is 1. The monoisotopic (exact) mass is 237 g/mol. The molecule has 1 aromatic rings.